The van der Waals surface area contributed by atoms with E-state index in [9.17, 15) is 0 Å². The Morgan fingerprint density at radius 3 is 2.60 bits per heavy atom. The molecule has 1 heterocycles. The van der Waals surface area contributed by atoms with E-state index in [1.54, 1.807) is 0 Å². The van der Waals surface area contributed by atoms with Gasteiger partial charge in [0, 0.05) is 18.8 Å². The van der Waals surface area contributed by atoms with Crippen LogP contribution in [0, 0.1) is 19.8 Å². The first kappa shape index (κ1) is 15.6. The number of rotatable bonds is 9. The highest BCUT2D eigenvalue weighted by Crippen LogP contribution is 2.34. The van der Waals surface area contributed by atoms with Crippen LogP contribution in [0.1, 0.15) is 62.4 Å². The number of nitrogens with one attached hydrogen (secondary N) is 1. The van der Waals surface area contributed by atoms with Crippen LogP contribution in [0.25, 0.3) is 0 Å². The molecule has 1 unspecified atom stereocenters. The molecule has 2 rings (SSSR count). The maximum absolute atomic E-state index is 4.53. The third-order valence-corrected chi connectivity index (χ3v) is 4.70. The van der Waals surface area contributed by atoms with E-state index in [0.29, 0.717) is 6.04 Å². The minimum Gasteiger partial charge on any atom is -0.314 e. The molecular formula is C17H31N3. The lowest BCUT2D eigenvalue weighted by atomic mass is 9.99. The Morgan fingerprint density at radius 2 is 2.05 bits per heavy atom. The summed E-state index contributed by atoms with van der Waals surface area (Å²) >= 11 is 0. The molecule has 0 aliphatic heterocycles. The second-order valence-corrected chi connectivity index (χ2v) is 6.48. The van der Waals surface area contributed by atoms with Gasteiger partial charge in [-0.1, -0.05) is 19.8 Å². The zero-order valence-electron chi connectivity index (χ0n) is 13.7. The smallest absolute Gasteiger partial charge is 0.0628 e. The van der Waals surface area contributed by atoms with Crippen LogP contribution >= 0.6 is 0 Å². The zero-order valence-corrected chi connectivity index (χ0v) is 13.7. The van der Waals surface area contributed by atoms with Crippen molar-refractivity contribution in [2.45, 2.75) is 71.8 Å². The fourth-order valence-corrected chi connectivity index (χ4v) is 3.04. The third-order valence-electron chi connectivity index (χ3n) is 4.70. The monoisotopic (exact) mass is 277 g/mol. The van der Waals surface area contributed by atoms with Crippen LogP contribution in [0.2, 0.25) is 0 Å². The van der Waals surface area contributed by atoms with Crippen molar-refractivity contribution >= 4 is 0 Å². The first-order chi connectivity index (χ1) is 9.61. The van der Waals surface area contributed by atoms with Crippen molar-refractivity contribution in [3.63, 3.8) is 0 Å². The van der Waals surface area contributed by atoms with Gasteiger partial charge in [-0.3, -0.25) is 4.68 Å². The lowest BCUT2D eigenvalue weighted by Gasteiger charge is -2.18. The lowest BCUT2D eigenvalue weighted by Crippen LogP contribution is -2.30. The van der Waals surface area contributed by atoms with E-state index >= 15 is 0 Å². The average molecular weight is 277 g/mol. The summed E-state index contributed by atoms with van der Waals surface area (Å²) in [6, 6.07) is 0.689. The first-order valence-corrected chi connectivity index (χ1v) is 8.34. The van der Waals surface area contributed by atoms with Crippen molar-refractivity contribution in [1.29, 1.82) is 0 Å². The Bertz CT molecular complexity index is 418. The second-order valence-electron chi connectivity index (χ2n) is 6.48. The predicted molar refractivity (Wildman–Crippen MR) is 85.0 cm³/mol. The van der Waals surface area contributed by atoms with Gasteiger partial charge in [-0.15, -0.1) is 0 Å². The molecular weight excluding hydrogens is 246 g/mol. The van der Waals surface area contributed by atoms with E-state index in [0.717, 1.165) is 18.9 Å². The Hall–Kier alpha value is -0.830. The molecule has 0 spiro atoms. The lowest BCUT2D eigenvalue weighted by molar-refractivity contribution is 0.430. The van der Waals surface area contributed by atoms with Gasteiger partial charge in [0.2, 0.25) is 0 Å². The molecule has 3 heteroatoms. The highest BCUT2D eigenvalue weighted by atomic mass is 15.3. The van der Waals surface area contributed by atoms with E-state index in [2.05, 4.69) is 31.2 Å². The van der Waals surface area contributed by atoms with Gasteiger partial charge in [-0.2, -0.15) is 5.10 Å². The van der Waals surface area contributed by atoms with E-state index in [1.807, 2.05) is 11.7 Å². The molecule has 114 valence electrons. The molecule has 0 aromatic carbocycles. The van der Waals surface area contributed by atoms with Gasteiger partial charge in [0.25, 0.3) is 0 Å². The van der Waals surface area contributed by atoms with Gasteiger partial charge in [0.1, 0.15) is 0 Å². The summed E-state index contributed by atoms with van der Waals surface area (Å²) in [5, 5.41) is 8.27. The summed E-state index contributed by atoms with van der Waals surface area (Å²) < 4.78 is 2.02. The molecule has 1 aromatic rings. The Balaban J connectivity index is 1.85. The average Bonchev–Trinajstić information content (AvgIpc) is 3.20. The van der Waals surface area contributed by atoms with Crippen LogP contribution in [0.4, 0.5) is 0 Å². The van der Waals surface area contributed by atoms with Crippen molar-refractivity contribution < 1.29 is 0 Å². The minimum atomic E-state index is 0.689. The number of aryl methyl sites for hydroxylation is 2. The highest BCUT2D eigenvalue weighted by molar-refractivity contribution is 5.24. The van der Waals surface area contributed by atoms with Crippen molar-refractivity contribution in [3.05, 3.63) is 17.0 Å². The summed E-state index contributed by atoms with van der Waals surface area (Å²) in [4.78, 5) is 0. The van der Waals surface area contributed by atoms with Gasteiger partial charge in [-0.25, -0.2) is 0 Å². The molecule has 0 amide bonds. The third kappa shape index (κ3) is 4.34. The zero-order chi connectivity index (χ0) is 14.5. The van der Waals surface area contributed by atoms with E-state index < -0.39 is 0 Å². The Kier molecular flexibility index (Phi) is 5.64. The largest absolute Gasteiger partial charge is 0.314 e. The fourth-order valence-electron chi connectivity index (χ4n) is 3.04. The van der Waals surface area contributed by atoms with Crippen LogP contribution in [-0.4, -0.2) is 22.4 Å². The fraction of sp³-hybridized carbons (Fsp3) is 0.824. The number of hydrogen-bond donors (Lipinski definition) is 1. The number of nitrogens with zero attached hydrogens (tertiary/aromatic N) is 2. The summed E-state index contributed by atoms with van der Waals surface area (Å²) in [7, 11) is 2.05. The highest BCUT2D eigenvalue weighted by Gasteiger charge is 2.22. The maximum Gasteiger partial charge on any atom is 0.0628 e. The van der Waals surface area contributed by atoms with Crippen molar-refractivity contribution in [1.82, 2.24) is 15.1 Å². The molecule has 20 heavy (non-hydrogen) atoms. The van der Waals surface area contributed by atoms with Gasteiger partial charge >= 0.3 is 0 Å². The molecule has 1 aromatic heterocycles. The SMILES string of the molecule is CCCNC(CCc1c(C)nn(C)c1C)CCC1CC1. The summed E-state index contributed by atoms with van der Waals surface area (Å²) in [5.74, 6) is 1.04. The van der Waals surface area contributed by atoms with Gasteiger partial charge < -0.3 is 5.32 Å². The van der Waals surface area contributed by atoms with Crippen LogP contribution < -0.4 is 5.32 Å². The van der Waals surface area contributed by atoms with Crippen LogP contribution in [0.3, 0.4) is 0 Å². The standard InChI is InChI=1S/C17H31N3/c1-5-12-18-16(9-8-15-6-7-15)10-11-17-13(2)19-20(4)14(17)3/h15-16,18H,5-12H2,1-4H3. The molecule has 1 saturated carbocycles. The topological polar surface area (TPSA) is 29.9 Å². The normalized spacial score (nSPS) is 16.6. The Labute approximate surface area is 124 Å². The molecule has 0 bridgehead atoms. The maximum atomic E-state index is 4.53. The summed E-state index contributed by atoms with van der Waals surface area (Å²) in [5.41, 5.74) is 4.00. The van der Waals surface area contributed by atoms with E-state index in [4.69, 9.17) is 0 Å². The molecule has 1 fully saturated rings. The molecule has 1 N–H and O–H groups in total. The summed E-state index contributed by atoms with van der Waals surface area (Å²) in [6.07, 6.45) is 9.36. The van der Waals surface area contributed by atoms with Gasteiger partial charge in [0.15, 0.2) is 0 Å². The van der Waals surface area contributed by atoms with Crippen LogP contribution in [0.15, 0.2) is 0 Å². The van der Waals surface area contributed by atoms with Crippen molar-refractivity contribution in [3.8, 4) is 0 Å². The number of aromatic nitrogens is 2. The van der Waals surface area contributed by atoms with Gasteiger partial charge in [0.05, 0.1) is 5.69 Å². The van der Waals surface area contributed by atoms with Crippen molar-refractivity contribution in [2.75, 3.05) is 6.54 Å². The van der Waals surface area contributed by atoms with Crippen LogP contribution in [-0.2, 0) is 13.5 Å². The first-order valence-electron chi connectivity index (χ1n) is 8.34. The molecule has 0 saturated heterocycles. The molecule has 1 atom stereocenters. The molecule has 1 aliphatic carbocycles. The summed E-state index contributed by atoms with van der Waals surface area (Å²) in [6.45, 7) is 7.73. The second kappa shape index (κ2) is 7.26. The molecule has 3 nitrogen and oxygen atoms in total. The van der Waals surface area contributed by atoms with Crippen LogP contribution in [0.5, 0.6) is 0 Å². The number of hydrogen-bond acceptors (Lipinski definition) is 2. The van der Waals surface area contributed by atoms with E-state index in [1.165, 1.54) is 55.5 Å². The molecule has 0 radical (unpaired) electrons. The van der Waals surface area contributed by atoms with Crippen molar-refractivity contribution in [2.24, 2.45) is 13.0 Å². The van der Waals surface area contributed by atoms with Gasteiger partial charge in [-0.05, 0) is 64.0 Å². The molecule has 1 aliphatic rings. The minimum absolute atomic E-state index is 0.689. The quantitative estimate of drug-likeness (QED) is 0.748. The van der Waals surface area contributed by atoms with E-state index in [-0.39, 0.29) is 0 Å². The Morgan fingerprint density at radius 1 is 1.30 bits per heavy atom. The predicted octanol–water partition coefficient (Wildman–Crippen LogP) is 3.53.